The highest BCUT2D eigenvalue weighted by molar-refractivity contribution is 7.92. The van der Waals surface area contributed by atoms with Gasteiger partial charge in [-0.3, -0.25) is 9.52 Å². The molecule has 144 valence electrons. The average molecular weight is 396 g/mol. The van der Waals surface area contributed by atoms with Gasteiger partial charge in [0.05, 0.1) is 10.6 Å². The highest BCUT2D eigenvalue weighted by Gasteiger charge is 2.17. The van der Waals surface area contributed by atoms with Crippen LogP contribution in [0.15, 0.2) is 77.7 Å². The molecular weight excluding hydrogens is 376 g/mol. The van der Waals surface area contributed by atoms with Crippen molar-refractivity contribution in [3.63, 3.8) is 0 Å². The van der Waals surface area contributed by atoms with E-state index >= 15 is 0 Å². The largest absolute Gasteiger partial charge is 0.455 e. The van der Waals surface area contributed by atoms with E-state index in [2.05, 4.69) is 10.0 Å². The minimum Gasteiger partial charge on any atom is -0.455 e. The number of carbonyl (C=O) groups is 1. The summed E-state index contributed by atoms with van der Waals surface area (Å²) < 4.78 is 33.9. The molecule has 3 aromatic carbocycles. The van der Waals surface area contributed by atoms with E-state index in [0.29, 0.717) is 22.9 Å². The van der Waals surface area contributed by atoms with Crippen LogP contribution in [-0.2, 0) is 14.8 Å². The molecular formula is C21H20N2O4S. The summed E-state index contributed by atoms with van der Waals surface area (Å²) in [5, 5.41) is 2.60. The van der Waals surface area contributed by atoms with Crippen LogP contribution in [0.3, 0.4) is 0 Å². The predicted octanol–water partition coefficient (Wildman–Crippen LogP) is 4.55. The van der Waals surface area contributed by atoms with Gasteiger partial charge in [0.2, 0.25) is 5.91 Å². The Bertz CT molecular complexity index is 1090. The number of hydrogen-bond donors (Lipinski definition) is 2. The van der Waals surface area contributed by atoms with Crippen molar-refractivity contribution in [3.05, 3.63) is 78.4 Å². The number of para-hydroxylation sites is 2. The van der Waals surface area contributed by atoms with E-state index in [-0.39, 0.29) is 10.8 Å². The fourth-order valence-corrected chi connectivity index (χ4v) is 3.64. The normalized spacial score (nSPS) is 10.9. The van der Waals surface area contributed by atoms with Crippen molar-refractivity contribution in [3.8, 4) is 11.5 Å². The molecule has 3 aromatic rings. The zero-order valence-electron chi connectivity index (χ0n) is 15.5. The number of aryl methyl sites for hydroxylation is 1. The van der Waals surface area contributed by atoms with Gasteiger partial charge in [-0.05, 0) is 61.0 Å². The van der Waals surface area contributed by atoms with Crippen molar-refractivity contribution in [2.45, 2.75) is 18.7 Å². The molecule has 0 spiro atoms. The quantitative estimate of drug-likeness (QED) is 0.640. The SMILES string of the molecule is CC(=O)Nc1ccc(S(=O)(=O)Nc2ccccc2Oc2cccc(C)c2)cc1. The molecule has 0 radical (unpaired) electrons. The van der Waals surface area contributed by atoms with E-state index in [1.54, 1.807) is 30.3 Å². The average Bonchev–Trinajstić information content (AvgIpc) is 2.63. The zero-order valence-corrected chi connectivity index (χ0v) is 16.3. The number of amides is 1. The maximum atomic E-state index is 12.7. The first kappa shape index (κ1) is 19.4. The summed E-state index contributed by atoms with van der Waals surface area (Å²) in [5.74, 6) is 0.786. The molecule has 3 rings (SSSR count). The summed E-state index contributed by atoms with van der Waals surface area (Å²) in [5.41, 5.74) is 1.89. The van der Waals surface area contributed by atoms with Crippen LogP contribution < -0.4 is 14.8 Å². The highest BCUT2D eigenvalue weighted by Crippen LogP contribution is 2.31. The van der Waals surface area contributed by atoms with Crippen molar-refractivity contribution in [1.82, 2.24) is 0 Å². The molecule has 0 heterocycles. The van der Waals surface area contributed by atoms with Crippen LogP contribution in [-0.4, -0.2) is 14.3 Å². The molecule has 1 amide bonds. The van der Waals surface area contributed by atoms with Gasteiger partial charge in [0.1, 0.15) is 5.75 Å². The molecule has 0 bridgehead atoms. The first-order chi connectivity index (χ1) is 13.3. The second kappa shape index (κ2) is 8.14. The Morgan fingerprint density at radius 3 is 2.32 bits per heavy atom. The zero-order chi connectivity index (χ0) is 20.1. The number of benzene rings is 3. The first-order valence-corrected chi connectivity index (χ1v) is 10.1. The van der Waals surface area contributed by atoms with Crippen LogP contribution in [0.5, 0.6) is 11.5 Å². The maximum absolute atomic E-state index is 12.7. The minimum atomic E-state index is -3.82. The molecule has 0 aliphatic carbocycles. The second-order valence-corrected chi connectivity index (χ2v) is 7.91. The molecule has 2 N–H and O–H groups in total. The summed E-state index contributed by atoms with van der Waals surface area (Å²) in [6.07, 6.45) is 0. The van der Waals surface area contributed by atoms with Gasteiger partial charge in [-0.2, -0.15) is 0 Å². The highest BCUT2D eigenvalue weighted by atomic mass is 32.2. The molecule has 0 saturated heterocycles. The van der Waals surface area contributed by atoms with Crippen molar-refractivity contribution in [1.29, 1.82) is 0 Å². The summed E-state index contributed by atoms with van der Waals surface area (Å²) in [6.45, 7) is 3.34. The van der Waals surface area contributed by atoms with Crippen molar-refractivity contribution >= 4 is 27.3 Å². The number of sulfonamides is 1. The van der Waals surface area contributed by atoms with Gasteiger partial charge in [0.25, 0.3) is 10.0 Å². The minimum absolute atomic E-state index is 0.0759. The van der Waals surface area contributed by atoms with E-state index in [1.165, 1.54) is 31.2 Å². The molecule has 28 heavy (non-hydrogen) atoms. The Balaban J connectivity index is 1.83. The van der Waals surface area contributed by atoms with E-state index in [9.17, 15) is 13.2 Å². The molecule has 0 fully saturated rings. The predicted molar refractivity (Wildman–Crippen MR) is 109 cm³/mol. The van der Waals surface area contributed by atoms with E-state index in [0.717, 1.165) is 5.56 Å². The van der Waals surface area contributed by atoms with Crippen molar-refractivity contribution in [2.24, 2.45) is 0 Å². The third kappa shape index (κ3) is 4.89. The summed E-state index contributed by atoms with van der Waals surface area (Å²) in [4.78, 5) is 11.2. The van der Waals surface area contributed by atoms with Gasteiger partial charge in [0, 0.05) is 12.6 Å². The molecule has 0 saturated carbocycles. The molecule has 0 atom stereocenters. The lowest BCUT2D eigenvalue weighted by atomic mass is 10.2. The van der Waals surface area contributed by atoms with Crippen LogP contribution in [0.25, 0.3) is 0 Å². The monoisotopic (exact) mass is 396 g/mol. The Labute approximate surface area is 164 Å². The Hall–Kier alpha value is -3.32. The summed E-state index contributed by atoms with van der Waals surface area (Å²) in [7, 11) is -3.82. The Morgan fingerprint density at radius 1 is 0.929 bits per heavy atom. The van der Waals surface area contributed by atoms with Gasteiger partial charge in [0.15, 0.2) is 5.75 Å². The fraction of sp³-hybridized carbons (Fsp3) is 0.0952. The molecule has 0 aliphatic rings. The number of carbonyl (C=O) groups excluding carboxylic acids is 1. The standard InChI is InChI=1S/C21H20N2O4S/c1-15-6-5-7-18(14-15)27-21-9-4-3-8-20(21)23-28(25,26)19-12-10-17(11-13-19)22-16(2)24/h3-14,23H,1-2H3,(H,22,24). The molecule has 7 heteroatoms. The summed E-state index contributed by atoms with van der Waals surface area (Å²) >= 11 is 0. The fourth-order valence-electron chi connectivity index (χ4n) is 2.57. The topological polar surface area (TPSA) is 84.5 Å². The number of anilines is 2. The van der Waals surface area contributed by atoms with E-state index in [1.807, 2.05) is 25.1 Å². The van der Waals surface area contributed by atoms with Gasteiger partial charge in [-0.15, -0.1) is 0 Å². The Morgan fingerprint density at radius 2 is 1.64 bits per heavy atom. The lowest BCUT2D eigenvalue weighted by Gasteiger charge is -2.14. The van der Waals surface area contributed by atoms with Gasteiger partial charge < -0.3 is 10.1 Å². The van der Waals surface area contributed by atoms with Crippen LogP contribution in [0.1, 0.15) is 12.5 Å². The number of ether oxygens (including phenoxy) is 1. The summed E-state index contributed by atoms with van der Waals surface area (Å²) in [6, 6.07) is 20.2. The van der Waals surface area contributed by atoms with Crippen LogP contribution in [0.4, 0.5) is 11.4 Å². The van der Waals surface area contributed by atoms with Crippen molar-refractivity contribution < 1.29 is 17.9 Å². The number of nitrogens with one attached hydrogen (secondary N) is 2. The van der Waals surface area contributed by atoms with Crippen LogP contribution >= 0.6 is 0 Å². The number of hydrogen-bond acceptors (Lipinski definition) is 4. The van der Waals surface area contributed by atoms with Gasteiger partial charge >= 0.3 is 0 Å². The van der Waals surface area contributed by atoms with Crippen LogP contribution in [0, 0.1) is 6.92 Å². The van der Waals surface area contributed by atoms with Gasteiger partial charge in [-0.25, -0.2) is 8.42 Å². The first-order valence-electron chi connectivity index (χ1n) is 8.57. The third-order valence-corrected chi connectivity index (χ3v) is 5.22. The van der Waals surface area contributed by atoms with E-state index in [4.69, 9.17) is 4.74 Å². The smallest absolute Gasteiger partial charge is 0.262 e. The lowest BCUT2D eigenvalue weighted by molar-refractivity contribution is -0.114. The van der Waals surface area contributed by atoms with Gasteiger partial charge in [-0.1, -0.05) is 24.3 Å². The second-order valence-electron chi connectivity index (χ2n) is 6.23. The lowest BCUT2D eigenvalue weighted by Crippen LogP contribution is -2.14. The van der Waals surface area contributed by atoms with Crippen molar-refractivity contribution in [2.75, 3.05) is 10.0 Å². The molecule has 0 aliphatic heterocycles. The molecule has 0 aromatic heterocycles. The van der Waals surface area contributed by atoms with Crippen LogP contribution in [0.2, 0.25) is 0 Å². The Kier molecular flexibility index (Phi) is 5.65. The number of rotatable bonds is 6. The van der Waals surface area contributed by atoms with E-state index < -0.39 is 10.0 Å². The molecule has 6 nitrogen and oxygen atoms in total. The maximum Gasteiger partial charge on any atom is 0.262 e. The molecule has 0 unspecified atom stereocenters. The third-order valence-electron chi connectivity index (χ3n) is 3.83.